The largest absolute Gasteiger partial charge is 0.493 e. The van der Waals surface area contributed by atoms with Crippen molar-refractivity contribution in [3.63, 3.8) is 0 Å². The second-order valence-electron chi connectivity index (χ2n) is 8.97. The Balaban J connectivity index is 2.02. The molecule has 0 fully saturated rings. The van der Waals surface area contributed by atoms with Gasteiger partial charge in [0.15, 0.2) is 17.3 Å². The molecule has 2 atom stereocenters. The number of rotatable bonds is 17. The summed E-state index contributed by atoms with van der Waals surface area (Å²) in [5.74, 6) is -0.749. The van der Waals surface area contributed by atoms with Crippen LogP contribution in [0.4, 0.5) is 0 Å². The normalized spacial score (nSPS) is 12.3. The lowest BCUT2D eigenvalue weighted by atomic mass is 9.93. The van der Waals surface area contributed by atoms with Gasteiger partial charge in [-0.2, -0.15) is 0 Å². The Hall–Kier alpha value is -3.52. The third kappa shape index (κ3) is 9.80. The number of ether oxygens (including phenoxy) is 3. The Kier molecular flexibility index (Phi) is 12.5. The average molecular weight is 512 g/mol. The molecule has 8 nitrogen and oxygen atoms in total. The van der Waals surface area contributed by atoms with Crippen LogP contribution < -0.4 is 14.8 Å². The maximum Gasteiger partial charge on any atom is 0.224 e. The zero-order chi connectivity index (χ0) is 27.2. The van der Waals surface area contributed by atoms with Gasteiger partial charge in [-0.05, 0) is 37.0 Å². The number of ketones is 3. The molecule has 0 spiro atoms. The minimum absolute atomic E-state index is 0.0193. The van der Waals surface area contributed by atoms with Crippen molar-refractivity contribution in [3.8, 4) is 11.5 Å². The number of para-hydroxylation sites is 1. The van der Waals surface area contributed by atoms with Crippen LogP contribution in [0.5, 0.6) is 11.5 Å². The van der Waals surface area contributed by atoms with Gasteiger partial charge in [0.2, 0.25) is 5.91 Å². The molecule has 0 bridgehead atoms. The zero-order valence-electron chi connectivity index (χ0n) is 22.1. The number of aryl methyl sites for hydroxylation is 2. The molecule has 200 valence electrons. The van der Waals surface area contributed by atoms with E-state index in [4.69, 9.17) is 14.2 Å². The topological polar surface area (TPSA) is 108 Å². The van der Waals surface area contributed by atoms with Crippen molar-refractivity contribution in [3.05, 3.63) is 59.7 Å². The summed E-state index contributed by atoms with van der Waals surface area (Å²) < 4.78 is 15.9. The lowest BCUT2D eigenvalue weighted by Gasteiger charge is -2.21. The third-order valence-corrected chi connectivity index (χ3v) is 6.08. The van der Waals surface area contributed by atoms with Crippen molar-refractivity contribution >= 4 is 23.3 Å². The second kappa shape index (κ2) is 15.6. The number of methoxy groups -OCH3 is 3. The molecule has 0 aliphatic carbocycles. The molecule has 1 amide bonds. The van der Waals surface area contributed by atoms with Crippen molar-refractivity contribution < 1.29 is 33.4 Å². The molecule has 1 N–H and O–H groups in total. The molecule has 2 aromatic rings. The van der Waals surface area contributed by atoms with E-state index in [1.807, 2.05) is 42.5 Å². The van der Waals surface area contributed by atoms with Gasteiger partial charge < -0.3 is 24.3 Å². The number of nitrogens with one attached hydrogen (secondary N) is 1. The summed E-state index contributed by atoms with van der Waals surface area (Å²) in [7, 11) is 4.52. The van der Waals surface area contributed by atoms with E-state index in [2.05, 4.69) is 5.32 Å². The highest BCUT2D eigenvalue weighted by Gasteiger charge is 2.28. The standard InChI is InChI=1S/C29H37NO7/c1-20(31)17-23(18-24(32)15-13-21-9-6-5-7-10-21)29(34)30-25(19-35-2)26(33)16-14-22-11-8-12-27(36-3)28(22)37-4/h5-12,23,25H,13-19H2,1-4H3,(H,30,34)/t23-,25+/m1/s1. The van der Waals surface area contributed by atoms with Gasteiger partial charge in [0, 0.05) is 32.8 Å². The Morgan fingerprint density at radius 2 is 1.57 bits per heavy atom. The summed E-state index contributed by atoms with van der Waals surface area (Å²) in [5, 5.41) is 2.72. The summed E-state index contributed by atoms with van der Waals surface area (Å²) in [6, 6.07) is 14.1. The van der Waals surface area contributed by atoms with Gasteiger partial charge in [0.1, 0.15) is 17.6 Å². The van der Waals surface area contributed by atoms with Gasteiger partial charge in [-0.1, -0.05) is 42.5 Å². The molecular formula is C29H37NO7. The lowest BCUT2D eigenvalue weighted by molar-refractivity contribution is -0.134. The lowest BCUT2D eigenvalue weighted by Crippen LogP contribution is -2.47. The van der Waals surface area contributed by atoms with Crippen LogP contribution in [0.3, 0.4) is 0 Å². The van der Waals surface area contributed by atoms with Crippen LogP contribution in [-0.2, 0) is 36.8 Å². The molecule has 8 heteroatoms. The van der Waals surface area contributed by atoms with Gasteiger partial charge >= 0.3 is 0 Å². The monoisotopic (exact) mass is 511 g/mol. The molecule has 2 rings (SSSR count). The first-order valence-electron chi connectivity index (χ1n) is 12.4. The number of amides is 1. The number of carbonyl (C=O) groups is 4. The molecule has 0 radical (unpaired) electrons. The molecule has 0 heterocycles. The van der Waals surface area contributed by atoms with E-state index in [0.29, 0.717) is 24.3 Å². The fourth-order valence-electron chi connectivity index (χ4n) is 4.16. The molecule has 37 heavy (non-hydrogen) atoms. The maximum atomic E-state index is 13.1. The predicted octanol–water partition coefficient (Wildman–Crippen LogP) is 3.52. The minimum Gasteiger partial charge on any atom is -0.493 e. The van der Waals surface area contributed by atoms with Crippen LogP contribution in [0.15, 0.2) is 48.5 Å². The van der Waals surface area contributed by atoms with E-state index in [-0.39, 0.29) is 49.6 Å². The smallest absolute Gasteiger partial charge is 0.224 e. The van der Waals surface area contributed by atoms with Crippen LogP contribution in [0.1, 0.15) is 43.7 Å². The third-order valence-electron chi connectivity index (χ3n) is 6.08. The van der Waals surface area contributed by atoms with Crippen molar-refractivity contribution in [2.75, 3.05) is 27.9 Å². The van der Waals surface area contributed by atoms with E-state index in [0.717, 1.165) is 11.1 Å². The quantitative estimate of drug-likeness (QED) is 0.346. The Morgan fingerprint density at radius 3 is 2.19 bits per heavy atom. The molecular weight excluding hydrogens is 474 g/mol. The molecule has 2 aromatic carbocycles. The Morgan fingerprint density at radius 1 is 0.838 bits per heavy atom. The SMILES string of the molecule is COC[C@H](NC(=O)[C@H](CC(C)=O)CC(=O)CCc1ccccc1)C(=O)CCc1cccc(OC)c1OC. The number of hydrogen-bond donors (Lipinski definition) is 1. The summed E-state index contributed by atoms with van der Waals surface area (Å²) in [5.41, 5.74) is 1.83. The summed E-state index contributed by atoms with van der Waals surface area (Å²) in [4.78, 5) is 50.6. The average Bonchev–Trinajstić information content (AvgIpc) is 2.89. The van der Waals surface area contributed by atoms with Gasteiger partial charge in [-0.3, -0.25) is 14.4 Å². The van der Waals surface area contributed by atoms with E-state index in [1.165, 1.54) is 21.1 Å². The molecule has 0 aromatic heterocycles. The number of hydrogen-bond acceptors (Lipinski definition) is 7. The van der Waals surface area contributed by atoms with Crippen molar-refractivity contribution in [2.45, 2.75) is 51.5 Å². The number of carbonyl (C=O) groups excluding carboxylic acids is 4. The molecule has 0 saturated carbocycles. The first-order valence-corrected chi connectivity index (χ1v) is 12.4. The van der Waals surface area contributed by atoms with Crippen molar-refractivity contribution in [2.24, 2.45) is 5.92 Å². The fourth-order valence-corrected chi connectivity index (χ4v) is 4.16. The van der Waals surface area contributed by atoms with Crippen LogP contribution in [0.2, 0.25) is 0 Å². The molecule has 0 aliphatic heterocycles. The second-order valence-corrected chi connectivity index (χ2v) is 8.97. The van der Waals surface area contributed by atoms with Crippen molar-refractivity contribution in [1.29, 1.82) is 0 Å². The zero-order valence-corrected chi connectivity index (χ0v) is 22.1. The van der Waals surface area contributed by atoms with Gasteiger partial charge in [0.05, 0.1) is 26.7 Å². The number of benzene rings is 2. The fraction of sp³-hybridized carbons (Fsp3) is 0.448. The van der Waals surface area contributed by atoms with Crippen LogP contribution in [-0.4, -0.2) is 57.2 Å². The highest BCUT2D eigenvalue weighted by atomic mass is 16.5. The maximum absolute atomic E-state index is 13.1. The first kappa shape index (κ1) is 29.7. The highest BCUT2D eigenvalue weighted by molar-refractivity contribution is 5.94. The van der Waals surface area contributed by atoms with Gasteiger partial charge in [-0.15, -0.1) is 0 Å². The summed E-state index contributed by atoms with van der Waals surface area (Å²) >= 11 is 0. The number of Topliss-reactive ketones (excluding diaryl/α,β-unsaturated/α-hetero) is 3. The predicted molar refractivity (Wildman–Crippen MR) is 140 cm³/mol. The molecule has 0 aliphatic rings. The summed E-state index contributed by atoms with van der Waals surface area (Å²) in [6.45, 7) is 1.36. The van der Waals surface area contributed by atoms with E-state index in [1.54, 1.807) is 13.2 Å². The Labute approximate surface area is 218 Å². The van der Waals surface area contributed by atoms with Gasteiger partial charge in [0.25, 0.3) is 0 Å². The van der Waals surface area contributed by atoms with Crippen LogP contribution in [0.25, 0.3) is 0 Å². The minimum atomic E-state index is -0.900. The van der Waals surface area contributed by atoms with E-state index >= 15 is 0 Å². The Bertz CT molecular complexity index is 1050. The van der Waals surface area contributed by atoms with E-state index in [9.17, 15) is 19.2 Å². The van der Waals surface area contributed by atoms with Crippen LogP contribution >= 0.6 is 0 Å². The summed E-state index contributed by atoms with van der Waals surface area (Å²) in [6.07, 6.45) is 1.21. The van der Waals surface area contributed by atoms with Crippen LogP contribution in [0, 0.1) is 5.92 Å². The van der Waals surface area contributed by atoms with Gasteiger partial charge in [-0.25, -0.2) is 0 Å². The van der Waals surface area contributed by atoms with E-state index < -0.39 is 17.9 Å². The molecule has 0 unspecified atom stereocenters. The van der Waals surface area contributed by atoms with Crippen molar-refractivity contribution in [1.82, 2.24) is 5.32 Å². The first-order chi connectivity index (χ1) is 17.8. The molecule has 0 saturated heterocycles. The highest BCUT2D eigenvalue weighted by Crippen LogP contribution is 2.31.